The van der Waals surface area contributed by atoms with Crippen LogP contribution in [0.25, 0.3) is 0 Å². The van der Waals surface area contributed by atoms with Crippen LogP contribution < -0.4 is 0 Å². The zero-order chi connectivity index (χ0) is 15.6. The Balaban J connectivity index is 1.48. The Morgan fingerprint density at radius 1 is 1.09 bits per heavy atom. The summed E-state index contributed by atoms with van der Waals surface area (Å²) in [5.74, 6) is 0.149. The lowest BCUT2D eigenvalue weighted by Crippen LogP contribution is -2.55. The summed E-state index contributed by atoms with van der Waals surface area (Å²) in [5.41, 5.74) is 0.890. The van der Waals surface area contributed by atoms with E-state index in [0.29, 0.717) is 26.2 Å². The van der Waals surface area contributed by atoms with E-state index in [1.165, 1.54) is 0 Å². The van der Waals surface area contributed by atoms with E-state index in [4.69, 9.17) is 4.52 Å². The molecule has 2 amide bonds. The molecule has 0 N–H and O–H groups in total. The zero-order valence-electron chi connectivity index (χ0n) is 12.3. The molecular weight excluding hydrogens is 308 g/mol. The molecule has 2 fully saturated rings. The Labute approximate surface area is 129 Å². The van der Waals surface area contributed by atoms with Gasteiger partial charge < -0.3 is 14.3 Å². The number of piperazine rings is 1. The van der Waals surface area contributed by atoms with Crippen molar-refractivity contribution in [3.8, 4) is 0 Å². The summed E-state index contributed by atoms with van der Waals surface area (Å²) in [6.07, 6.45) is 1.56. The molecule has 0 aromatic carbocycles. The number of nitrogens with zero attached hydrogens (tertiary/aromatic N) is 4. The molecule has 3 rings (SSSR count). The molecule has 22 heavy (non-hydrogen) atoms. The predicted molar refractivity (Wildman–Crippen MR) is 79.0 cm³/mol. The second-order valence-corrected chi connectivity index (χ2v) is 7.98. The fourth-order valence-corrected chi connectivity index (χ4v) is 3.95. The van der Waals surface area contributed by atoms with Crippen molar-refractivity contribution < 1.29 is 17.7 Å². The van der Waals surface area contributed by atoms with Gasteiger partial charge in [-0.05, 0) is 0 Å². The third kappa shape index (κ3) is 3.58. The first-order chi connectivity index (χ1) is 10.5. The van der Waals surface area contributed by atoms with E-state index in [0.717, 1.165) is 25.3 Å². The first-order valence-electron chi connectivity index (χ1n) is 7.39. The molecule has 0 saturated carbocycles. The summed E-state index contributed by atoms with van der Waals surface area (Å²) in [5, 5.41) is 3.89. The maximum Gasteiger partial charge on any atom is 0.320 e. The lowest BCUT2D eigenvalue weighted by atomic mass is 10.3. The van der Waals surface area contributed by atoms with Crippen molar-refractivity contribution in [1.82, 2.24) is 19.9 Å². The monoisotopic (exact) mass is 328 g/mol. The first-order valence-corrected chi connectivity index (χ1v) is 9.21. The van der Waals surface area contributed by atoms with Crippen LogP contribution in [0.4, 0.5) is 4.79 Å². The largest absolute Gasteiger partial charge is 0.364 e. The minimum atomic E-state index is -2.95. The molecular formula is C13H20N4O4S. The molecule has 2 aliphatic rings. The molecule has 0 spiro atoms. The summed E-state index contributed by atoms with van der Waals surface area (Å²) in [6, 6.07) is 1.79. The van der Waals surface area contributed by atoms with Gasteiger partial charge in [-0.2, -0.15) is 0 Å². The molecule has 0 bridgehead atoms. The number of hydrogen-bond acceptors (Lipinski definition) is 6. The van der Waals surface area contributed by atoms with Gasteiger partial charge in [0.2, 0.25) is 0 Å². The Kier molecular flexibility index (Phi) is 4.34. The summed E-state index contributed by atoms with van der Waals surface area (Å²) in [6.45, 7) is 4.20. The molecule has 1 aromatic heterocycles. The van der Waals surface area contributed by atoms with Crippen LogP contribution in [0, 0.1) is 0 Å². The van der Waals surface area contributed by atoms with Crippen LogP contribution in [0.3, 0.4) is 0 Å². The zero-order valence-corrected chi connectivity index (χ0v) is 13.2. The fourth-order valence-electron chi connectivity index (χ4n) is 2.75. The van der Waals surface area contributed by atoms with Crippen LogP contribution in [0.15, 0.2) is 16.9 Å². The van der Waals surface area contributed by atoms with Crippen molar-refractivity contribution in [3.63, 3.8) is 0 Å². The van der Waals surface area contributed by atoms with E-state index < -0.39 is 9.84 Å². The SMILES string of the molecule is O=C(N1CCN(Cc2ccon2)CC1)N1CCS(=O)(=O)CC1. The molecule has 9 heteroatoms. The Morgan fingerprint density at radius 2 is 1.73 bits per heavy atom. The van der Waals surface area contributed by atoms with Gasteiger partial charge in [-0.1, -0.05) is 5.16 Å². The summed E-state index contributed by atoms with van der Waals surface area (Å²) < 4.78 is 27.6. The van der Waals surface area contributed by atoms with Crippen LogP contribution in [-0.4, -0.2) is 85.1 Å². The van der Waals surface area contributed by atoms with Gasteiger partial charge in [0.25, 0.3) is 0 Å². The number of urea groups is 1. The third-order valence-electron chi connectivity index (χ3n) is 4.13. The smallest absolute Gasteiger partial charge is 0.320 e. The van der Waals surface area contributed by atoms with E-state index in [1.54, 1.807) is 16.1 Å². The predicted octanol–water partition coefficient (Wildman–Crippen LogP) is -0.357. The van der Waals surface area contributed by atoms with Gasteiger partial charge in [-0.3, -0.25) is 4.90 Å². The summed E-state index contributed by atoms with van der Waals surface area (Å²) in [7, 11) is -2.95. The molecule has 0 radical (unpaired) electrons. The second kappa shape index (κ2) is 6.25. The van der Waals surface area contributed by atoms with Crippen molar-refractivity contribution in [2.24, 2.45) is 0 Å². The molecule has 8 nitrogen and oxygen atoms in total. The quantitative estimate of drug-likeness (QED) is 0.737. The van der Waals surface area contributed by atoms with E-state index in [2.05, 4.69) is 10.1 Å². The van der Waals surface area contributed by atoms with E-state index in [1.807, 2.05) is 6.07 Å². The van der Waals surface area contributed by atoms with Crippen molar-refractivity contribution in [2.45, 2.75) is 6.54 Å². The average molecular weight is 328 g/mol. The van der Waals surface area contributed by atoms with Gasteiger partial charge in [-0.25, -0.2) is 13.2 Å². The molecule has 3 heterocycles. The maximum atomic E-state index is 12.4. The second-order valence-electron chi connectivity index (χ2n) is 5.68. The van der Waals surface area contributed by atoms with Crippen molar-refractivity contribution in [2.75, 3.05) is 50.8 Å². The molecule has 0 atom stereocenters. The highest BCUT2D eigenvalue weighted by molar-refractivity contribution is 7.91. The molecule has 1 aromatic rings. The van der Waals surface area contributed by atoms with E-state index in [-0.39, 0.29) is 17.5 Å². The number of carbonyl (C=O) groups is 1. The average Bonchev–Trinajstić information content (AvgIpc) is 3.00. The van der Waals surface area contributed by atoms with Gasteiger partial charge in [0.1, 0.15) is 6.26 Å². The highest BCUT2D eigenvalue weighted by atomic mass is 32.2. The van der Waals surface area contributed by atoms with Crippen LogP contribution >= 0.6 is 0 Å². The summed E-state index contributed by atoms with van der Waals surface area (Å²) in [4.78, 5) is 18.1. The number of amides is 2. The van der Waals surface area contributed by atoms with Gasteiger partial charge in [0.15, 0.2) is 9.84 Å². The minimum Gasteiger partial charge on any atom is -0.364 e. The number of aromatic nitrogens is 1. The fraction of sp³-hybridized carbons (Fsp3) is 0.692. The highest BCUT2D eigenvalue weighted by Gasteiger charge is 2.29. The number of rotatable bonds is 2. The van der Waals surface area contributed by atoms with Crippen LogP contribution in [0.5, 0.6) is 0 Å². The molecule has 0 aliphatic carbocycles. The maximum absolute atomic E-state index is 12.4. The summed E-state index contributed by atoms with van der Waals surface area (Å²) >= 11 is 0. The number of sulfone groups is 1. The molecule has 2 aliphatic heterocycles. The van der Waals surface area contributed by atoms with Crippen LogP contribution in [0.2, 0.25) is 0 Å². The topological polar surface area (TPSA) is 87.0 Å². The van der Waals surface area contributed by atoms with Gasteiger partial charge in [0.05, 0.1) is 17.2 Å². The standard InChI is InChI=1S/C13H20N4O4S/c18-13(17-6-9-22(19,20)10-7-17)16-4-2-15(3-5-16)11-12-1-8-21-14-12/h1,8H,2-7,9-11H2. The third-order valence-corrected chi connectivity index (χ3v) is 5.74. The van der Waals surface area contributed by atoms with Gasteiger partial charge in [0, 0.05) is 51.9 Å². The Hall–Kier alpha value is -1.61. The molecule has 0 unspecified atom stereocenters. The van der Waals surface area contributed by atoms with Crippen molar-refractivity contribution in [3.05, 3.63) is 18.0 Å². The normalized spacial score (nSPS) is 22.7. The van der Waals surface area contributed by atoms with Gasteiger partial charge >= 0.3 is 6.03 Å². The minimum absolute atomic E-state index is 0.0454. The highest BCUT2D eigenvalue weighted by Crippen LogP contribution is 2.11. The molecule has 2 saturated heterocycles. The van der Waals surface area contributed by atoms with Crippen molar-refractivity contribution >= 4 is 15.9 Å². The number of carbonyl (C=O) groups excluding carboxylic acids is 1. The molecule has 122 valence electrons. The lowest BCUT2D eigenvalue weighted by molar-refractivity contribution is 0.110. The Bertz CT molecular complexity index is 594. The van der Waals surface area contributed by atoms with E-state index >= 15 is 0 Å². The van der Waals surface area contributed by atoms with Gasteiger partial charge in [-0.15, -0.1) is 0 Å². The van der Waals surface area contributed by atoms with Crippen LogP contribution in [0.1, 0.15) is 5.69 Å². The Morgan fingerprint density at radius 3 is 2.32 bits per heavy atom. The van der Waals surface area contributed by atoms with Crippen molar-refractivity contribution in [1.29, 1.82) is 0 Å². The lowest BCUT2D eigenvalue weighted by Gasteiger charge is -2.38. The van der Waals surface area contributed by atoms with Crippen LogP contribution in [-0.2, 0) is 16.4 Å². The van der Waals surface area contributed by atoms with E-state index in [9.17, 15) is 13.2 Å². The number of hydrogen-bond donors (Lipinski definition) is 0. The first kappa shape index (κ1) is 15.3.